The van der Waals surface area contributed by atoms with Crippen molar-refractivity contribution in [1.29, 1.82) is 0 Å². The predicted octanol–water partition coefficient (Wildman–Crippen LogP) is 3.24. The van der Waals surface area contributed by atoms with Gasteiger partial charge in [0.2, 0.25) is 0 Å². The molecule has 0 fully saturated rings. The highest BCUT2D eigenvalue weighted by Gasteiger charge is 2.06. The Kier molecular flexibility index (Phi) is 3.72. The Morgan fingerprint density at radius 1 is 1.11 bits per heavy atom. The average molecular weight is 245 g/mol. The van der Waals surface area contributed by atoms with Gasteiger partial charge in [-0.2, -0.15) is 0 Å². The van der Waals surface area contributed by atoms with Crippen LogP contribution in [0.25, 0.3) is 0 Å². The van der Waals surface area contributed by atoms with E-state index in [9.17, 15) is 0 Å². The Morgan fingerprint density at radius 3 is 2.50 bits per heavy atom. The van der Waals surface area contributed by atoms with Crippen LogP contribution in [-0.2, 0) is 13.2 Å². The van der Waals surface area contributed by atoms with Crippen LogP contribution in [0.3, 0.4) is 0 Å². The summed E-state index contributed by atoms with van der Waals surface area (Å²) in [6.07, 6.45) is 0. The lowest BCUT2D eigenvalue weighted by atomic mass is 10.1. The van der Waals surface area contributed by atoms with Crippen molar-refractivity contribution < 1.29 is 9.15 Å². The third kappa shape index (κ3) is 2.74. The lowest BCUT2D eigenvalue weighted by Crippen LogP contribution is -1.96. The molecule has 0 aliphatic rings. The summed E-state index contributed by atoms with van der Waals surface area (Å²) in [5.41, 5.74) is 9.14. The van der Waals surface area contributed by atoms with Crippen molar-refractivity contribution in [3.05, 3.63) is 52.5 Å². The summed E-state index contributed by atoms with van der Waals surface area (Å²) in [5.74, 6) is 2.55. The van der Waals surface area contributed by atoms with Gasteiger partial charge in [-0.15, -0.1) is 0 Å². The number of furan rings is 1. The molecule has 2 aromatic rings. The van der Waals surface area contributed by atoms with Gasteiger partial charge in [0.25, 0.3) is 0 Å². The Hall–Kier alpha value is -1.74. The summed E-state index contributed by atoms with van der Waals surface area (Å²) in [6, 6.07) is 8.02. The van der Waals surface area contributed by atoms with Crippen molar-refractivity contribution >= 4 is 0 Å². The number of ether oxygens (including phenoxy) is 1. The standard InChI is InChI=1S/C15H19NO2/c1-10-4-5-14(6-11(10)2)17-9-15-7-13(8-16)12(3)18-15/h4-7H,8-9,16H2,1-3H3. The molecular formula is C15H19NO2. The molecular weight excluding hydrogens is 226 g/mol. The van der Waals surface area contributed by atoms with Gasteiger partial charge in [0, 0.05) is 12.1 Å². The van der Waals surface area contributed by atoms with Gasteiger partial charge in [-0.25, -0.2) is 0 Å². The maximum absolute atomic E-state index is 5.71. The third-order valence-corrected chi connectivity index (χ3v) is 3.15. The van der Waals surface area contributed by atoms with Crippen molar-refractivity contribution in [3.8, 4) is 5.75 Å². The molecule has 18 heavy (non-hydrogen) atoms. The summed E-state index contributed by atoms with van der Waals surface area (Å²) in [4.78, 5) is 0. The molecule has 0 saturated carbocycles. The fourth-order valence-electron chi connectivity index (χ4n) is 1.82. The number of hydrogen-bond donors (Lipinski definition) is 1. The summed E-state index contributed by atoms with van der Waals surface area (Å²) in [6.45, 7) is 7.01. The molecule has 0 aliphatic carbocycles. The van der Waals surface area contributed by atoms with Gasteiger partial charge < -0.3 is 14.9 Å². The van der Waals surface area contributed by atoms with Crippen LogP contribution in [0, 0.1) is 20.8 Å². The largest absolute Gasteiger partial charge is 0.486 e. The number of aryl methyl sites for hydroxylation is 3. The van der Waals surface area contributed by atoms with Crippen LogP contribution >= 0.6 is 0 Å². The van der Waals surface area contributed by atoms with Crippen molar-refractivity contribution in [2.24, 2.45) is 5.73 Å². The monoisotopic (exact) mass is 245 g/mol. The lowest BCUT2D eigenvalue weighted by Gasteiger charge is -2.06. The van der Waals surface area contributed by atoms with E-state index in [4.69, 9.17) is 14.9 Å². The third-order valence-electron chi connectivity index (χ3n) is 3.15. The van der Waals surface area contributed by atoms with Crippen molar-refractivity contribution in [2.75, 3.05) is 0 Å². The number of nitrogens with two attached hydrogens (primary N) is 1. The molecule has 0 aliphatic heterocycles. The molecule has 2 rings (SSSR count). The van der Waals surface area contributed by atoms with Crippen molar-refractivity contribution in [1.82, 2.24) is 0 Å². The van der Waals surface area contributed by atoms with Gasteiger partial charge in [-0.1, -0.05) is 6.07 Å². The lowest BCUT2D eigenvalue weighted by molar-refractivity contribution is 0.267. The SMILES string of the molecule is Cc1ccc(OCc2cc(CN)c(C)o2)cc1C. The Bertz CT molecular complexity index is 543. The van der Waals surface area contributed by atoms with E-state index in [2.05, 4.69) is 19.9 Å². The van der Waals surface area contributed by atoms with Crippen LogP contribution < -0.4 is 10.5 Å². The van der Waals surface area contributed by atoms with E-state index >= 15 is 0 Å². The summed E-state index contributed by atoms with van der Waals surface area (Å²) in [5, 5.41) is 0. The minimum Gasteiger partial charge on any atom is -0.486 e. The van der Waals surface area contributed by atoms with E-state index in [1.807, 2.05) is 25.1 Å². The molecule has 2 N–H and O–H groups in total. The summed E-state index contributed by atoms with van der Waals surface area (Å²) >= 11 is 0. The Labute approximate surface area is 108 Å². The minimum atomic E-state index is 0.434. The molecule has 0 radical (unpaired) electrons. The van der Waals surface area contributed by atoms with Gasteiger partial charge in [-0.3, -0.25) is 0 Å². The zero-order chi connectivity index (χ0) is 13.1. The number of benzene rings is 1. The molecule has 0 spiro atoms. The second kappa shape index (κ2) is 5.27. The van der Waals surface area contributed by atoms with Crippen molar-refractivity contribution in [3.63, 3.8) is 0 Å². The average Bonchev–Trinajstić information content (AvgIpc) is 2.71. The fraction of sp³-hybridized carbons (Fsp3) is 0.333. The molecule has 0 saturated heterocycles. The second-order valence-corrected chi connectivity index (χ2v) is 4.53. The fourth-order valence-corrected chi connectivity index (χ4v) is 1.82. The van der Waals surface area contributed by atoms with Gasteiger partial charge >= 0.3 is 0 Å². The first-order chi connectivity index (χ1) is 8.60. The molecule has 0 amide bonds. The number of rotatable bonds is 4. The molecule has 1 aromatic heterocycles. The molecule has 1 aromatic carbocycles. The Morgan fingerprint density at radius 2 is 1.89 bits per heavy atom. The van der Waals surface area contributed by atoms with Crippen molar-refractivity contribution in [2.45, 2.75) is 33.9 Å². The highest BCUT2D eigenvalue weighted by molar-refractivity contribution is 5.34. The van der Waals surface area contributed by atoms with Gasteiger partial charge in [0.1, 0.15) is 23.9 Å². The molecule has 96 valence electrons. The van der Waals surface area contributed by atoms with Gasteiger partial charge in [-0.05, 0) is 50.1 Å². The highest BCUT2D eigenvalue weighted by atomic mass is 16.5. The second-order valence-electron chi connectivity index (χ2n) is 4.53. The van der Waals surface area contributed by atoms with E-state index in [0.717, 1.165) is 22.8 Å². The first-order valence-corrected chi connectivity index (χ1v) is 6.08. The summed E-state index contributed by atoms with van der Waals surface area (Å²) < 4.78 is 11.3. The van der Waals surface area contributed by atoms with Crippen LogP contribution in [0.5, 0.6) is 5.75 Å². The molecule has 0 unspecified atom stereocenters. The zero-order valence-electron chi connectivity index (χ0n) is 11.1. The highest BCUT2D eigenvalue weighted by Crippen LogP contribution is 2.19. The number of hydrogen-bond acceptors (Lipinski definition) is 3. The Balaban J connectivity index is 2.04. The minimum absolute atomic E-state index is 0.434. The van der Waals surface area contributed by atoms with Crippen LogP contribution in [-0.4, -0.2) is 0 Å². The van der Waals surface area contributed by atoms with Gasteiger partial charge in [0.05, 0.1) is 0 Å². The summed E-state index contributed by atoms with van der Waals surface area (Å²) in [7, 11) is 0. The van der Waals surface area contributed by atoms with E-state index < -0.39 is 0 Å². The normalized spacial score (nSPS) is 10.7. The maximum Gasteiger partial charge on any atom is 0.146 e. The van der Waals surface area contributed by atoms with E-state index in [1.54, 1.807) is 0 Å². The first-order valence-electron chi connectivity index (χ1n) is 6.08. The molecule has 3 nitrogen and oxygen atoms in total. The van der Waals surface area contributed by atoms with Crippen LogP contribution in [0.1, 0.15) is 28.2 Å². The molecule has 0 bridgehead atoms. The maximum atomic E-state index is 5.71. The van der Waals surface area contributed by atoms with Crippen LogP contribution in [0.4, 0.5) is 0 Å². The smallest absolute Gasteiger partial charge is 0.146 e. The topological polar surface area (TPSA) is 48.4 Å². The van der Waals surface area contributed by atoms with E-state index in [1.165, 1.54) is 11.1 Å². The van der Waals surface area contributed by atoms with Gasteiger partial charge in [0.15, 0.2) is 0 Å². The molecule has 1 heterocycles. The quantitative estimate of drug-likeness (QED) is 0.899. The van der Waals surface area contributed by atoms with E-state index in [0.29, 0.717) is 13.2 Å². The van der Waals surface area contributed by atoms with Crippen LogP contribution in [0.15, 0.2) is 28.7 Å². The molecule has 0 atom stereocenters. The van der Waals surface area contributed by atoms with E-state index in [-0.39, 0.29) is 0 Å². The van der Waals surface area contributed by atoms with Crippen LogP contribution in [0.2, 0.25) is 0 Å². The first kappa shape index (κ1) is 12.7. The predicted molar refractivity (Wildman–Crippen MR) is 71.6 cm³/mol. The zero-order valence-corrected chi connectivity index (χ0v) is 11.1. The molecule has 3 heteroatoms.